The zero-order valence-corrected chi connectivity index (χ0v) is 18.4. The molecular formula is C25H30N4O. The molecule has 5 nitrogen and oxygen atoms in total. The fourth-order valence-electron chi connectivity index (χ4n) is 5.05. The number of amides is 1. The van der Waals surface area contributed by atoms with Crippen molar-refractivity contribution in [3.05, 3.63) is 57.9 Å². The first-order valence-corrected chi connectivity index (χ1v) is 11.0. The Bertz CT molecular complexity index is 1130. The molecule has 0 radical (unpaired) electrons. The van der Waals surface area contributed by atoms with Crippen LogP contribution in [-0.2, 0) is 6.54 Å². The van der Waals surface area contributed by atoms with Crippen molar-refractivity contribution in [2.45, 2.75) is 53.5 Å². The van der Waals surface area contributed by atoms with Crippen molar-refractivity contribution in [3.63, 3.8) is 0 Å². The van der Waals surface area contributed by atoms with Crippen molar-refractivity contribution in [2.75, 3.05) is 18.4 Å². The Kier molecular flexibility index (Phi) is 4.38. The van der Waals surface area contributed by atoms with E-state index in [9.17, 15) is 4.79 Å². The topological polar surface area (TPSA) is 61.0 Å². The third-order valence-electron chi connectivity index (χ3n) is 7.35. The number of H-pyrrole nitrogens is 1. The molecule has 3 aromatic rings. The molecule has 5 heteroatoms. The van der Waals surface area contributed by atoms with Gasteiger partial charge in [-0.05, 0) is 68.9 Å². The van der Waals surface area contributed by atoms with Gasteiger partial charge in [-0.2, -0.15) is 0 Å². The number of anilines is 1. The van der Waals surface area contributed by atoms with Crippen molar-refractivity contribution in [2.24, 2.45) is 5.41 Å². The minimum atomic E-state index is 0.0581. The lowest BCUT2D eigenvalue weighted by Crippen LogP contribution is -2.61. The molecule has 5 rings (SSSR count). The molecule has 1 saturated heterocycles. The number of likely N-dealkylation sites (tertiary alicyclic amines) is 1. The first kappa shape index (κ1) is 19.2. The second-order valence-corrected chi connectivity index (χ2v) is 9.39. The number of carbonyl (C=O) groups is 1. The van der Waals surface area contributed by atoms with Gasteiger partial charge in [0, 0.05) is 36.1 Å². The third kappa shape index (κ3) is 2.99. The number of hydrogen-bond acceptors (Lipinski definition) is 3. The maximum absolute atomic E-state index is 13.2. The molecular weight excluding hydrogens is 372 g/mol. The number of carbonyl (C=O) groups excluding carboxylic acids is 1. The van der Waals surface area contributed by atoms with Crippen molar-refractivity contribution in [1.82, 2.24) is 14.9 Å². The van der Waals surface area contributed by atoms with Crippen LogP contribution in [0.2, 0.25) is 0 Å². The summed E-state index contributed by atoms with van der Waals surface area (Å²) < 4.78 is 0. The van der Waals surface area contributed by atoms with Gasteiger partial charge >= 0.3 is 0 Å². The minimum Gasteiger partial charge on any atom is -0.364 e. The van der Waals surface area contributed by atoms with Crippen LogP contribution in [0, 0.1) is 33.1 Å². The molecule has 0 unspecified atom stereocenters. The average molecular weight is 403 g/mol. The summed E-state index contributed by atoms with van der Waals surface area (Å²) in [6.45, 7) is 10.9. The SMILES string of the molecule is Cc1cccc(C)c1CNc1nc(C(=O)N2CC3(CCC3)C2)cc2c(C)c(C)[nH]c12. The van der Waals surface area contributed by atoms with E-state index in [1.807, 2.05) is 11.0 Å². The standard InChI is InChI=1S/C25H30N4O/c1-15-7-5-8-16(2)20(15)12-26-23-22-19(17(3)18(4)27-22)11-21(28-23)24(30)29-13-25(14-29)9-6-10-25/h5,7-8,11,27H,6,9-10,12-14H2,1-4H3,(H,26,28). The molecule has 1 saturated carbocycles. The molecule has 1 spiro atoms. The van der Waals surface area contributed by atoms with Gasteiger partial charge in [0.1, 0.15) is 5.69 Å². The number of nitrogens with zero attached hydrogens (tertiary/aromatic N) is 2. The molecule has 2 aromatic heterocycles. The molecule has 2 N–H and O–H groups in total. The molecule has 1 aliphatic carbocycles. The largest absolute Gasteiger partial charge is 0.364 e. The maximum Gasteiger partial charge on any atom is 0.272 e. The maximum atomic E-state index is 13.2. The number of aromatic nitrogens is 2. The Hall–Kier alpha value is -2.82. The van der Waals surface area contributed by atoms with E-state index in [1.54, 1.807) is 0 Å². The van der Waals surface area contributed by atoms with Gasteiger partial charge in [0.25, 0.3) is 5.91 Å². The summed E-state index contributed by atoms with van der Waals surface area (Å²) in [6.07, 6.45) is 3.84. The number of rotatable bonds is 4. The molecule has 1 amide bonds. The fraction of sp³-hybridized carbons (Fsp3) is 0.440. The molecule has 30 heavy (non-hydrogen) atoms. The van der Waals surface area contributed by atoms with E-state index in [4.69, 9.17) is 4.98 Å². The van der Waals surface area contributed by atoms with Crippen molar-refractivity contribution in [1.29, 1.82) is 0 Å². The lowest BCUT2D eigenvalue weighted by molar-refractivity contribution is -0.0428. The van der Waals surface area contributed by atoms with Gasteiger partial charge in [0.2, 0.25) is 0 Å². The molecule has 0 atom stereocenters. The minimum absolute atomic E-state index is 0.0581. The van der Waals surface area contributed by atoms with Crippen molar-refractivity contribution >= 4 is 22.6 Å². The van der Waals surface area contributed by atoms with E-state index in [0.717, 1.165) is 35.5 Å². The van der Waals surface area contributed by atoms with Gasteiger partial charge in [-0.3, -0.25) is 4.79 Å². The highest BCUT2D eigenvalue weighted by Gasteiger charge is 2.49. The smallest absolute Gasteiger partial charge is 0.272 e. The molecule has 156 valence electrons. The van der Waals surface area contributed by atoms with Gasteiger partial charge in [-0.15, -0.1) is 0 Å². The highest BCUT2D eigenvalue weighted by atomic mass is 16.2. The number of aromatic amines is 1. The molecule has 2 aliphatic rings. The predicted octanol–water partition coefficient (Wildman–Crippen LogP) is 5.03. The van der Waals surface area contributed by atoms with Gasteiger partial charge in [-0.25, -0.2) is 4.98 Å². The van der Waals surface area contributed by atoms with Crippen LogP contribution in [0.25, 0.3) is 10.9 Å². The summed E-state index contributed by atoms with van der Waals surface area (Å²) in [5, 5.41) is 4.60. The number of nitrogens with one attached hydrogen (secondary N) is 2. The zero-order chi connectivity index (χ0) is 21.0. The van der Waals surface area contributed by atoms with E-state index in [1.165, 1.54) is 41.5 Å². The van der Waals surface area contributed by atoms with Crippen LogP contribution in [-0.4, -0.2) is 33.9 Å². The lowest BCUT2D eigenvalue weighted by Gasteiger charge is -2.55. The van der Waals surface area contributed by atoms with Gasteiger partial charge in [0.05, 0.1) is 5.52 Å². The summed E-state index contributed by atoms with van der Waals surface area (Å²) in [4.78, 5) is 23.4. The van der Waals surface area contributed by atoms with E-state index >= 15 is 0 Å². The van der Waals surface area contributed by atoms with E-state index in [0.29, 0.717) is 17.7 Å². The summed E-state index contributed by atoms with van der Waals surface area (Å²) >= 11 is 0. The van der Waals surface area contributed by atoms with Gasteiger partial charge in [0.15, 0.2) is 5.82 Å². The highest BCUT2D eigenvalue weighted by molar-refractivity contribution is 6.01. The van der Waals surface area contributed by atoms with E-state index in [-0.39, 0.29) is 5.91 Å². The molecule has 1 aliphatic heterocycles. The Balaban J connectivity index is 1.47. The van der Waals surface area contributed by atoms with Crippen LogP contribution in [0.15, 0.2) is 24.3 Å². The number of benzene rings is 1. The Morgan fingerprint density at radius 1 is 1.17 bits per heavy atom. The fourth-order valence-corrected chi connectivity index (χ4v) is 5.05. The Morgan fingerprint density at radius 3 is 2.50 bits per heavy atom. The van der Waals surface area contributed by atoms with Crippen LogP contribution in [0.4, 0.5) is 5.82 Å². The number of aryl methyl sites for hydroxylation is 4. The van der Waals surface area contributed by atoms with Crippen LogP contribution < -0.4 is 5.32 Å². The lowest BCUT2D eigenvalue weighted by atomic mass is 9.63. The predicted molar refractivity (Wildman–Crippen MR) is 121 cm³/mol. The van der Waals surface area contributed by atoms with E-state index < -0.39 is 0 Å². The summed E-state index contributed by atoms with van der Waals surface area (Å²) in [5.41, 5.74) is 8.03. The number of hydrogen-bond donors (Lipinski definition) is 2. The second-order valence-electron chi connectivity index (χ2n) is 9.39. The van der Waals surface area contributed by atoms with Crippen molar-refractivity contribution < 1.29 is 4.79 Å². The van der Waals surface area contributed by atoms with Crippen molar-refractivity contribution in [3.8, 4) is 0 Å². The average Bonchev–Trinajstić information content (AvgIpc) is 2.93. The highest BCUT2D eigenvalue weighted by Crippen LogP contribution is 2.48. The monoisotopic (exact) mass is 402 g/mol. The zero-order valence-electron chi connectivity index (χ0n) is 18.4. The second kappa shape index (κ2) is 6.86. The van der Waals surface area contributed by atoms with Crippen LogP contribution in [0.3, 0.4) is 0 Å². The van der Waals surface area contributed by atoms with Crippen LogP contribution >= 0.6 is 0 Å². The Morgan fingerprint density at radius 2 is 1.87 bits per heavy atom. The van der Waals surface area contributed by atoms with E-state index in [2.05, 4.69) is 56.2 Å². The summed E-state index contributed by atoms with van der Waals surface area (Å²) in [5.74, 6) is 0.816. The third-order valence-corrected chi connectivity index (χ3v) is 7.35. The summed E-state index contributed by atoms with van der Waals surface area (Å²) in [7, 11) is 0. The number of pyridine rings is 1. The van der Waals surface area contributed by atoms with Crippen LogP contribution in [0.1, 0.15) is 57.7 Å². The van der Waals surface area contributed by atoms with Gasteiger partial charge in [-0.1, -0.05) is 24.6 Å². The molecule has 2 fully saturated rings. The molecule has 1 aromatic carbocycles. The first-order chi connectivity index (χ1) is 14.4. The first-order valence-electron chi connectivity index (χ1n) is 11.0. The quantitative estimate of drug-likeness (QED) is 0.643. The number of fused-ring (bicyclic) bond motifs is 1. The summed E-state index contributed by atoms with van der Waals surface area (Å²) in [6, 6.07) is 8.32. The molecule has 0 bridgehead atoms. The van der Waals surface area contributed by atoms with Crippen LogP contribution in [0.5, 0.6) is 0 Å². The molecule has 3 heterocycles. The van der Waals surface area contributed by atoms with Gasteiger partial charge < -0.3 is 15.2 Å². The normalized spacial score (nSPS) is 17.1. The Labute approximate surface area is 177 Å².